The number of aromatic nitrogens is 1. The molecular formula is C16H22N3OS+. The number of nitrogen functional groups attached to an aromatic ring is 1. The number of rotatable bonds is 1. The number of nitrogens with two attached hydrogens (primary N) is 1. The van der Waals surface area contributed by atoms with Crippen LogP contribution >= 0.6 is 11.3 Å². The summed E-state index contributed by atoms with van der Waals surface area (Å²) in [5, 5.41) is 0.999. The Labute approximate surface area is 129 Å². The molecular weight excluding hydrogens is 282 g/mol. The third-order valence-electron chi connectivity index (χ3n) is 4.35. The Morgan fingerprint density at radius 3 is 2.71 bits per heavy atom. The number of H-pyrrole nitrogens is 1. The molecule has 1 saturated heterocycles. The average Bonchev–Trinajstić information content (AvgIpc) is 2.76. The van der Waals surface area contributed by atoms with Crippen molar-refractivity contribution in [3.8, 4) is 0 Å². The van der Waals surface area contributed by atoms with E-state index < -0.39 is 0 Å². The highest BCUT2D eigenvalue weighted by molar-refractivity contribution is 7.20. The van der Waals surface area contributed by atoms with Crippen molar-refractivity contribution in [1.29, 1.82) is 0 Å². The zero-order chi connectivity index (χ0) is 15.1. The minimum absolute atomic E-state index is 0.0889. The van der Waals surface area contributed by atoms with Gasteiger partial charge >= 0.3 is 0 Å². The minimum Gasteiger partial charge on any atom is -0.397 e. The maximum Gasteiger partial charge on any atom is 0.270 e. The molecule has 1 amide bonds. The summed E-state index contributed by atoms with van der Waals surface area (Å²) in [7, 11) is 0. The fourth-order valence-corrected chi connectivity index (χ4v) is 4.27. The molecule has 1 aliphatic heterocycles. The van der Waals surface area contributed by atoms with Gasteiger partial charge in [0.15, 0.2) is 5.69 Å². The molecule has 0 atom stereocenters. The maximum absolute atomic E-state index is 12.7. The molecule has 0 aliphatic carbocycles. The third-order valence-corrected chi connectivity index (χ3v) is 5.46. The minimum atomic E-state index is 0.0889. The van der Waals surface area contributed by atoms with Crippen LogP contribution in [-0.4, -0.2) is 23.9 Å². The molecule has 0 spiro atoms. The molecule has 3 N–H and O–H groups in total. The van der Waals surface area contributed by atoms with Crippen molar-refractivity contribution in [3.63, 3.8) is 0 Å². The number of nitrogens with one attached hydrogen (secondary N) is 1. The molecule has 0 aromatic carbocycles. The highest BCUT2D eigenvalue weighted by Crippen LogP contribution is 2.34. The van der Waals surface area contributed by atoms with Crippen LogP contribution in [0.1, 0.15) is 40.7 Å². The van der Waals surface area contributed by atoms with Crippen LogP contribution in [0.3, 0.4) is 0 Å². The Kier molecular flexibility index (Phi) is 3.61. The van der Waals surface area contributed by atoms with E-state index in [1.54, 1.807) is 0 Å². The molecule has 0 bridgehead atoms. The van der Waals surface area contributed by atoms with Crippen molar-refractivity contribution in [3.05, 3.63) is 22.2 Å². The van der Waals surface area contributed by atoms with Crippen molar-refractivity contribution < 1.29 is 9.78 Å². The number of hydrogen-bond acceptors (Lipinski definition) is 3. The number of carbonyl (C=O) groups excluding carboxylic acids is 1. The quantitative estimate of drug-likeness (QED) is 0.880. The van der Waals surface area contributed by atoms with E-state index in [0.29, 0.717) is 16.5 Å². The first-order chi connectivity index (χ1) is 9.97. The summed E-state index contributed by atoms with van der Waals surface area (Å²) in [6.45, 7) is 8.00. The zero-order valence-corrected chi connectivity index (χ0v) is 13.6. The van der Waals surface area contributed by atoms with E-state index in [4.69, 9.17) is 5.73 Å². The van der Waals surface area contributed by atoms with Gasteiger partial charge in [0.2, 0.25) is 0 Å². The van der Waals surface area contributed by atoms with E-state index >= 15 is 0 Å². The largest absolute Gasteiger partial charge is 0.397 e. The second-order valence-corrected chi connectivity index (χ2v) is 7.18. The smallest absolute Gasteiger partial charge is 0.270 e. The van der Waals surface area contributed by atoms with Crippen LogP contribution in [0.2, 0.25) is 0 Å². The van der Waals surface area contributed by atoms with Gasteiger partial charge in [0, 0.05) is 26.1 Å². The van der Waals surface area contributed by atoms with Crippen molar-refractivity contribution >= 4 is 33.1 Å². The standard InChI is InChI=1S/C16H21N3OS/c1-9-4-6-19(7-5-9)16(20)14-13(17)12-10(2)8-11(3)18-15(12)21-14/h8-9H,4-7,17H2,1-3H3/p+1. The highest BCUT2D eigenvalue weighted by Gasteiger charge is 2.27. The number of likely N-dealkylation sites (tertiary alicyclic amines) is 1. The fraction of sp³-hybridized carbons (Fsp3) is 0.500. The number of anilines is 1. The Bertz CT molecular complexity index is 699. The number of thiophene rings is 1. The third kappa shape index (κ3) is 2.50. The van der Waals surface area contributed by atoms with Crippen molar-refractivity contribution in [2.45, 2.75) is 33.6 Å². The van der Waals surface area contributed by atoms with Crippen LogP contribution in [0.25, 0.3) is 10.2 Å². The molecule has 3 heterocycles. The lowest BCUT2D eigenvalue weighted by atomic mass is 9.99. The lowest BCUT2D eigenvalue weighted by Crippen LogP contribution is -2.37. The first kappa shape index (κ1) is 14.3. The summed E-state index contributed by atoms with van der Waals surface area (Å²) in [4.78, 5) is 19.7. The van der Waals surface area contributed by atoms with Crippen molar-refractivity contribution in [1.82, 2.24) is 4.90 Å². The predicted octanol–water partition coefficient (Wildman–Crippen LogP) is 2.79. The van der Waals surface area contributed by atoms with Crippen molar-refractivity contribution in [2.75, 3.05) is 18.8 Å². The molecule has 21 heavy (non-hydrogen) atoms. The van der Waals surface area contributed by atoms with E-state index in [1.165, 1.54) is 11.3 Å². The van der Waals surface area contributed by atoms with Gasteiger partial charge in [-0.3, -0.25) is 4.79 Å². The highest BCUT2D eigenvalue weighted by atomic mass is 32.1. The monoisotopic (exact) mass is 304 g/mol. The van der Waals surface area contributed by atoms with E-state index in [-0.39, 0.29) is 5.91 Å². The van der Waals surface area contributed by atoms with Crippen LogP contribution in [-0.2, 0) is 0 Å². The number of pyridine rings is 1. The second-order valence-electron chi connectivity index (χ2n) is 6.16. The van der Waals surface area contributed by atoms with Gasteiger partial charge in [-0.25, -0.2) is 0 Å². The summed E-state index contributed by atoms with van der Waals surface area (Å²) >= 11 is 1.48. The Balaban J connectivity index is 1.99. The van der Waals surface area contributed by atoms with Crippen LogP contribution in [0, 0.1) is 19.8 Å². The number of aryl methyl sites for hydroxylation is 2. The normalized spacial score (nSPS) is 16.6. The number of fused-ring (bicyclic) bond motifs is 1. The SMILES string of the molecule is Cc1cc(C)c2c(N)c(C(=O)N3CCC(C)CC3)sc2[nH+]1. The predicted molar refractivity (Wildman–Crippen MR) is 86.6 cm³/mol. The van der Waals surface area contributed by atoms with E-state index in [1.807, 2.05) is 18.7 Å². The van der Waals surface area contributed by atoms with E-state index in [0.717, 1.165) is 47.4 Å². The first-order valence-corrected chi connectivity index (χ1v) is 8.29. The Hall–Kier alpha value is -1.62. The molecule has 0 radical (unpaired) electrons. The molecule has 5 heteroatoms. The Morgan fingerprint density at radius 2 is 2.05 bits per heavy atom. The topological polar surface area (TPSA) is 60.5 Å². The summed E-state index contributed by atoms with van der Waals surface area (Å²) in [5.41, 5.74) is 9.12. The van der Waals surface area contributed by atoms with Crippen LogP contribution < -0.4 is 10.7 Å². The number of aromatic amines is 1. The molecule has 0 saturated carbocycles. The van der Waals surface area contributed by atoms with Gasteiger partial charge in [-0.1, -0.05) is 18.3 Å². The first-order valence-electron chi connectivity index (χ1n) is 7.48. The maximum atomic E-state index is 12.7. The number of amides is 1. The van der Waals surface area contributed by atoms with Gasteiger partial charge in [-0.05, 0) is 31.2 Å². The molecule has 112 valence electrons. The van der Waals surface area contributed by atoms with Crippen LogP contribution in [0.4, 0.5) is 5.69 Å². The van der Waals surface area contributed by atoms with Crippen LogP contribution in [0.5, 0.6) is 0 Å². The molecule has 4 nitrogen and oxygen atoms in total. The van der Waals surface area contributed by atoms with Gasteiger partial charge in [0.25, 0.3) is 10.7 Å². The molecule has 1 aliphatic rings. The average molecular weight is 304 g/mol. The number of carbonyl (C=O) groups is 1. The lowest BCUT2D eigenvalue weighted by Gasteiger charge is -2.30. The van der Waals surface area contributed by atoms with E-state index in [9.17, 15) is 4.79 Å². The number of piperidine rings is 1. The summed E-state index contributed by atoms with van der Waals surface area (Å²) in [5.74, 6) is 0.804. The summed E-state index contributed by atoms with van der Waals surface area (Å²) < 4.78 is 0. The van der Waals surface area contributed by atoms with Crippen molar-refractivity contribution in [2.24, 2.45) is 5.92 Å². The van der Waals surface area contributed by atoms with Gasteiger partial charge in [-0.15, -0.1) is 0 Å². The second kappa shape index (κ2) is 5.30. The summed E-state index contributed by atoms with van der Waals surface area (Å²) in [6.07, 6.45) is 2.17. The lowest BCUT2D eigenvalue weighted by molar-refractivity contribution is -0.351. The van der Waals surface area contributed by atoms with Gasteiger partial charge < -0.3 is 10.6 Å². The van der Waals surface area contributed by atoms with Gasteiger partial charge in [-0.2, -0.15) is 4.98 Å². The van der Waals surface area contributed by atoms with Gasteiger partial charge in [0.05, 0.1) is 11.1 Å². The molecule has 3 rings (SSSR count). The van der Waals surface area contributed by atoms with Gasteiger partial charge in [0.1, 0.15) is 4.88 Å². The molecule has 2 aromatic rings. The fourth-order valence-electron chi connectivity index (χ4n) is 3.05. The number of hydrogen-bond donors (Lipinski definition) is 1. The molecule has 0 unspecified atom stereocenters. The zero-order valence-electron chi connectivity index (χ0n) is 12.8. The Morgan fingerprint density at radius 1 is 1.38 bits per heavy atom. The number of nitrogens with zero attached hydrogens (tertiary/aromatic N) is 1. The summed E-state index contributed by atoms with van der Waals surface area (Å²) in [6, 6.07) is 2.07. The van der Waals surface area contributed by atoms with E-state index in [2.05, 4.69) is 18.0 Å². The molecule has 1 fully saturated rings. The molecule has 2 aromatic heterocycles. The van der Waals surface area contributed by atoms with Crippen LogP contribution in [0.15, 0.2) is 6.07 Å².